The molecule has 0 radical (unpaired) electrons. The van der Waals surface area contributed by atoms with Gasteiger partial charge in [-0.1, -0.05) is 26.2 Å². The van der Waals surface area contributed by atoms with E-state index in [9.17, 15) is 4.79 Å². The van der Waals surface area contributed by atoms with Crippen molar-refractivity contribution in [2.75, 3.05) is 6.54 Å². The van der Waals surface area contributed by atoms with Gasteiger partial charge in [0.2, 0.25) is 5.91 Å². The zero-order chi connectivity index (χ0) is 11.4. The van der Waals surface area contributed by atoms with Gasteiger partial charge in [0.1, 0.15) is 0 Å². The van der Waals surface area contributed by atoms with E-state index < -0.39 is 0 Å². The molecule has 1 saturated carbocycles. The Kier molecular flexibility index (Phi) is 4.22. The third-order valence-electron chi connectivity index (χ3n) is 4.14. The van der Waals surface area contributed by atoms with Crippen LogP contribution in [0.25, 0.3) is 0 Å². The predicted octanol–water partition coefficient (Wildman–Crippen LogP) is 1.82. The van der Waals surface area contributed by atoms with Crippen LogP contribution in [0.2, 0.25) is 0 Å². The fourth-order valence-corrected chi connectivity index (χ4v) is 3.08. The van der Waals surface area contributed by atoms with Gasteiger partial charge in [-0.3, -0.25) is 4.79 Å². The summed E-state index contributed by atoms with van der Waals surface area (Å²) in [5.74, 6) is 0.946. The number of carbonyl (C=O) groups is 1. The molecule has 1 saturated heterocycles. The molecule has 2 aliphatic rings. The first-order valence-electron chi connectivity index (χ1n) is 6.85. The molecular weight excluding hydrogens is 200 g/mol. The number of amides is 1. The molecule has 16 heavy (non-hydrogen) atoms. The lowest BCUT2D eigenvalue weighted by Gasteiger charge is -2.32. The highest BCUT2D eigenvalue weighted by Gasteiger charge is 2.28. The highest BCUT2D eigenvalue weighted by atomic mass is 16.2. The molecule has 92 valence electrons. The Bertz CT molecular complexity index is 236. The van der Waals surface area contributed by atoms with E-state index in [0.29, 0.717) is 12.0 Å². The molecule has 2 fully saturated rings. The zero-order valence-electron chi connectivity index (χ0n) is 10.3. The maximum Gasteiger partial charge on any atom is 0.237 e. The molecule has 0 spiro atoms. The zero-order valence-corrected chi connectivity index (χ0v) is 10.3. The normalized spacial score (nSPS) is 34.9. The van der Waals surface area contributed by atoms with Crippen molar-refractivity contribution in [3.63, 3.8) is 0 Å². The maximum atomic E-state index is 12.0. The largest absolute Gasteiger partial charge is 0.352 e. The summed E-state index contributed by atoms with van der Waals surface area (Å²) in [4.78, 5) is 12.0. The van der Waals surface area contributed by atoms with Gasteiger partial charge >= 0.3 is 0 Å². The van der Waals surface area contributed by atoms with E-state index in [4.69, 9.17) is 0 Å². The molecule has 1 heterocycles. The van der Waals surface area contributed by atoms with Gasteiger partial charge in [0.05, 0.1) is 6.04 Å². The fraction of sp³-hybridized carbons (Fsp3) is 0.923. The summed E-state index contributed by atoms with van der Waals surface area (Å²) < 4.78 is 0. The Labute approximate surface area is 98.4 Å². The molecule has 1 aliphatic carbocycles. The minimum atomic E-state index is 0.0828. The molecule has 2 unspecified atom stereocenters. The number of carbonyl (C=O) groups excluding carboxylic acids is 1. The van der Waals surface area contributed by atoms with Crippen LogP contribution in [0, 0.1) is 5.92 Å². The van der Waals surface area contributed by atoms with Crippen molar-refractivity contribution in [3.8, 4) is 0 Å². The SMILES string of the molecule is CCC1CCCCC1NC(=O)[C@@H]1CCCN1. The van der Waals surface area contributed by atoms with Crippen LogP contribution in [-0.4, -0.2) is 24.5 Å². The average molecular weight is 224 g/mol. The summed E-state index contributed by atoms with van der Waals surface area (Å²) in [6.45, 7) is 3.24. The first-order chi connectivity index (χ1) is 7.81. The summed E-state index contributed by atoms with van der Waals surface area (Å²) in [7, 11) is 0. The van der Waals surface area contributed by atoms with Crippen molar-refractivity contribution in [3.05, 3.63) is 0 Å². The van der Waals surface area contributed by atoms with Crippen LogP contribution in [0.15, 0.2) is 0 Å². The first-order valence-corrected chi connectivity index (χ1v) is 6.85. The van der Waals surface area contributed by atoms with E-state index in [1.54, 1.807) is 0 Å². The lowest BCUT2D eigenvalue weighted by atomic mass is 9.83. The van der Waals surface area contributed by atoms with E-state index in [-0.39, 0.29) is 11.9 Å². The van der Waals surface area contributed by atoms with Gasteiger partial charge in [0.15, 0.2) is 0 Å². The summed E-state index contributed by atoms with van der Waals surface area (Å²) in [6.07, 6.45) is 8.43. The Balaban J connectivity index is 1.84. The highest BCUT2D eigenvalue weighted by Crippen LogP contribution is 2.26. The molecule has 0 aromatic carbocycles. The lowest BCUT2D eigenvalue weighted by Crippen LogP contribution is -2.48. The monoisotopic (exact) mass is 224 g/mol. The molecule has 3 atom stereocenters. The third-order valence-corrected chi connectivity index (χ3v) is 4.14. The standard InChI is InChI=1S/C13H24N2O/c1-2-10-6-3-4-7-11(10)15-13(16)12-8-5-9-14-12/h10-12,14H,2-9H2,1H3,(H,15,16)/t10?,11?,12-/m0/s1. The molecule has 0 aromatic rings. The Hall–Kier alpha value is -0.570. The van der Waals surface area contributed by atoms with Crippen molar-refractivity contribution in [1.29, 1.82) is 0 Å². The van der Waals surface area contributed by atoms with Gasteiger partial charge in [0, 0.05) is 6.04 Å². The minimum Gasteiger partial charge on any atom is -0.352 e. The fourth-order valence-electron chi connectivity index (χ4n) is 3.08. The maximum absolute atomic E-state index is 12.0. The van der Waals surface area contributed by atoms with Crippen molar-refractivity contribution >= 4 is 5.91 Å². The molecule has 0 bridgehead atoms. The van der Waals surface area contributed by atoms with E-state index in [1.165, 1.54) is 32.1 Å². The van der Waals surface area contributed by atoms with E-state index in [1.807, 2.05) is 0 Å². The van der Waals surface area contributed by atoms with Gasteiger partial charge in [-0.05, 0) is 38.1 Å². The van der Waals surface area contributed by atoms with Crippen LogP contribution in [0.4, 0.5) is 0 Å². The third kappa shape index (κ3) is 2.76. The van der Waals surface area contributed by atoms with E-state index in [2.05, 4.69) is 17.6 Å². The predicted molar refractivity (Wildman–Crippen MR) is 65.2 cm³/mol. The van der Waals surface area contributed by atoms with Gasteiger partial charge in [-0.15, -0.1) is 0 Å². The van der Waals surface area contributed by atoms with E-state index in [0.717, 1.165) is 19.4 Å². The van der Waals surface area contributed by atoms with Crippen LogP contribution in [0.1, 0.15) is 51.9 Å². The smallest absolute Gasteiger partial charge is 0.237 e. The summed E-state index contributed by atoms with van der Waals surface area (Å²) in [6, 6.07) is 0.521. The molecule has 2 N–H and O–H groups in total. The molecular formula is C13H24N2O. The molecule has 2 rings (SSSR count). The quantitative estimate of drug-likeness (QED) is 0.768. The highest BCUT2D eigenvalue weighted by molar-refractivity contribution is 5.82. The second-order valence-electron chi connectivity index (χ2n) is 5.22. The van der Waals surface area contributed by atoms with Crippen molar-refractivity contribution in [1.82, 2.24) is 10.6 Å². The van der Waals surface area contributed by atoms with Crippen molar-refractivity contribution in [2.24, 2.45) is 5.92 Å². The number of hydrogen-bond donors (Lipinski definition) is 2. The average Bonchev–Trinajstić information content (AvgIpc) is 2.83. The van der Waals surface area contributed by atoms with Crippen LogP contribution < -0.4 is 10.6 Å². The van der Waals surface area contributed by atoms with Crippen molar-refractivity contribution < 1.29 is 4.79 Å². The molecule has 0 aromatic heterocycles. The molecule has 3 nitrogen and oxygen atoms in total. The Morgan fingerprint density at radius 2 is 2.06 bits per heavy atom. The van der Waals surface area contributed by atoms with E-state index >= 15 is 0 Å². The molecule has 1 aliphatic heterocycles. The molecule has 3 heteroatoms. The minimum absolute atomic E-state index is 0.0828. The van der Waals surface area contributed by atoms with Crippen LogP contribution in [0.3, 0.4) is 0 Å². The van der Waals surface area contributed by atoms with Gasteiger partial charge in [-0.2, -0.15) is 0 Å². The lowest BCUT2D eigenvalue weighted by molar-refractivity contribution is -0.124. The number of nitrogens with one attached hydrogen (secondary N) is 2. The summed E-state index contributed by atoms with van der Waals surface area (Å²) in [5, 5.41) is 6.53. The Morgan fingerprint density at radius 3 is 2.75 bits per heavy atom. The number of rotatable bonds is 3. The summed E-state index contributed by atoms with van der Waals surface area (Å²) >= 11 is 0. The van der Waals surface area contributed by atoms with Gasteiger partial charge in [-0.25, -0.2) is 0 Å². The Morgan fingerprint density at radius 1 is 1.25 bits per heavy atom. The molecule has 1 amide bonds. The van der Waals surface area contributed by atoms with Gasteiger partial charge in [0.25, 0.3) is 0 Å². The van der Waals surface area contributed by atoms with Crippen LogP contribution in [0.5, 0.6) is 0 Å². The topological polar surface area (TPSA) is 41.1 Å². The number of hydrogen-bond acceptors (Lipinski definition) is 2. The summed E-state index contributed by atoms with van der Waals surface area (Å²) in [5.41, 5.74) is 0. The van der Waals surface area contributed by atoms with Gasteiger partial charge < -0.3 is 10.6 Å². The second-order valence-corrected chi connectivity index (χ2v) is 5.22. The second kappa shape index (κ2) is 5.67. The van der Waals surface area contributed by atoms with Crippen LogP contribution in [-0.2, 0) is 4.79 Å². The van der Waals surface area contributed by atoms with Crippen LogP contribution >= 0.6 is 0 Å². The van der Waals surface area contributed by atoms with Crippen molar-refractivity contribution in [2.45, 2.75) is 64.0 Å². The first kappa shape index (κ1) is 11.9.